The summed E-state index contributed by atoms with van der Waals surface area (Å²) in [5.74, 6) is 0.117. The van der Waals surface area contributed by atoms with Crippen molar-refractivity contribution < 1.29 is 14.2 Å². The Morgan fingerprint density at radius 1 is 1.21 bits per heavy atom. The Morgan fingerprint density at radius 3 is 2.59 bits per heavy atom. The molecule has 1 aliphatic rings. The minimum Gasteiger partial charge on any atom is -0.497 e. The van der Waals surface area contributed by atoms with Crippen molar-refractivity contribution in [2.45, 2.75) is 19.4 Å². The number of benzene rings is 2. The normalized spacial score (nSPS) is 14.9. The maximum Gasteiger partial charge on any atom is 0.136 e. The molecular formula is C23H26FN3O2. The molecule has 0 saturated heterocycles. The van der Waals surface area contributed by atoms with Gasteiger partial charge < -0.3 is 14.7 Å². The van der Waals surface area contributed by atoms with Crippen molar-refractivity contribution in [3.05, 3.63) is 66.1 Å². The number of aliphatic hydroxyl groups is 1. The number of ether oxygens (including phenoxy) is 1. The van der Waals surface area contributed by atoms with Crippen molar-refractivity contribution in [1.29, 1.82) is 0 Å². The van der Waals surface area contributed by atoms with Crippen LogP contribution in [0.15, 0.2) is 54.7 Å². The summed E-state index contributed by atoms with van der Waals surface area (Å²) in [5.41, 5.74) is 2.96. The maximum atomic E-state index is 14.8. The summed E-state index contributed by atoms with van der Waals surface area (Å²) >= 11 is 0. The number of aromatic nitrogens is 2. The molecule has 1 heterocycles. The number of aliphatic hydroxyl groups excluding tert-OH is 1. The first kappa shape index (κ1) is 19.6. The Labute approximate surface area is 170 Å². The molecule has 0 spiro atoms. The highest BCUT2D eigenvalue weighted by Gasteiger charge is 2.42. The van der Waals surface area contributed by atoms with Crippen LogP contribution in [0, 0.1) is 11.2 Å². The van der Waals surface area contributed by atoms with E-state index in [2.05, 4.69) is 4.90 Å². The van der Waals surface area contributed by atoms with E-state index in [1.165, 1.54) is 13.2 Å². The third-order valence-electron chi connectivity index (χ3n) is 5.58. The maximum absolute atomic E-state index is 14.8. The van der Waals surface area contributed by atoms with Crippen LogP contribution >= 0.6 is 0 Å². The lowest BCUT2D eigenvalue weighted by Crippen LogP contribution is -2.28. The Balaban J connectivity index is 1.69. The average Bonchev–Trinajstić information content (AvgIpc) is 3.39. The van der Waals surface area contributed by atoms with Gasteiger partial charge >= 0.3 is 0 Å². The summed E-state index contributed by atoms with van der Waals surface area (Å²) in [4.78, 5) is 2.18. The lowest BCUT2D eigenvalue weighted by molar-refractivity contribution is 0.161. The van der Waals surface area contributed by atoms with Gasteiger partial charge in [0.05, 0.1) is 12.8 Å². The van der Waals surface area contributed by atoms with Gasteiger partial charge in [0, 0.05) is 48.5 Å². The number of halogens is 1. The third-order valence-corrected chi connectivity index (χ3v) is 5.58. The van der Waals surface area contributed by atoms with Crippen molar-refractivity contribution in [2.75, 3.05) is 27.3 Å². The second-order valence-corrected chi connectivity index (χ2v) is 7.96. The quantitative estimate of drug-likeness (QED) is 0.629. The van der Waals surface area contributed by atoms with Gasteiger partial charge in [-0.1, -0.05) is 18.2 Å². The Morgan fingerprint density at radius 2 is 1.97 bits per heavy atom. The first-order valence-electron chi connectivity index (χ1n) is 9.81. The van der Waals surface area contributed by atoms with Gasteiger partial charge in [-0.05, 0) is 44.2 Å². The van der Waals surface area contributed by atoms with Gasteiger partial charge in [-0.25, -0.2) is 9.07 Å². The van der Waals surface area contributed by atoms with Crippen LogP contribution in [-0.4, -0.2) is 47.1 Å². The standard InChI is InChI=1S/C23H26FN3O2/c1-26(15-23(16-28)10-11-23)13-17-14-27(18-6-4-3-5-7-18)25-22(17)20-9-8-19(29-2)12-21(20)24/h3-9,12,14,28H,10-11,13,15-16H2,1-2H3. The van der Waals surface area contributed by atoms with E-state index in [-0.39, 0.29) is 17.8 Å². The topological polar surface area (TPSA) is 50.5 Å². The van der Waals surface area contributed by atoms with Crippen LogP contribution in [0.25, 0.3) is 16.9 Å². The van der Waals surface area contributed by atoms with E-state index in [4.69, 9.17) is 9.84 Å². The second-order valence-electron chi connectivity index (χ2n) is 7.96. The highest BCUT2D eigenvalue weighted by molar-refractivity contribution is 5.65. The Bertz CT molecular complexity index is 983. The molecule has 5 nitrogen and oxygen atoms in total. The fraction of sp³-hybridized carbons (Fsp3) is 0.348. The molecule has 0 radical (unpaired) electrons. The monoisotopic (exact) mass is 395 g/mol. The first-order valence-corrected chi connectivity index (χ1v) is 9.81. The molecule has 1 aromatic heterocycles. The molecule has 2 aromatic carbocycles. The Hall–Kier alpha value is -2.70. The summed E-state index contributed by atoms with van der Waals surface area (Å²) in [7, 11) is 3.55. The molecule has 152 valence electrons. The van der Waals surface area contributed by atoms with Crippen LogP contribution in [0.4, 0.5) is 4.39 Å². The van der Waals surface area contributed by atoms with E-state index in [0.717, 1.165) is 30.6 Å². The lowest BCUT2D eigenvalue weighted by Gasteiger charge is -2.22. The Kier molecular flexibility index (Phi) is 5.39. The molecule has 1 fully saturated rings. The van der Waals surface area contributed by atoms with Gasteiger partial charge in [0.1, 0.15) is 17.3 Å². The highest BCUT2D eigenvalue weighted by atomic mass is 19.1. The van der Waals surface area contributed by atoms with Crippen LogP contribution in [0.5, 0.6) is 5.75 Å². The lowest BCUT2D eigenvalue weighted by atomic mass is 10.1. The van der Waals surface area contributed by atoms with Crippen LogP contribution in [-0.2, 0) is 6.54 Å². The zero-order valence-corrected chi connectivity index (χ0v) is 16.8. The molecule has 0 amide bonds. The zero-order chi connectivity index (χ0) is 20.4. The number of rotatable bonds is 8. The van der Waals surface area contributed by atoms with Gasteiger partial charge in [0.25, 0.3) is 0 Å². The molecule has 0 atom stereocenters. The molecule has 1 N–H and O–H groups in total. The summed E-state index contributed by atoms with van der Waals surface area (Å²) in [6.07, 6.45) is 4.07. The van der Waals surface area contributed by atoms with Gasteiger partial charge in [0.15, 0.2) is 0 Å². The van der Waals surface area contributed by atoms with Crippen molar-refractivity contribution in [2.24, 2.45) is 5.41 Å². The summed E-state index contributed by atoms with van der Waals surface area (Å²) in [6.45, 7) is 1.64. The predicted molar refractivity (Wildman–Crippen MR) is 111 cm³/mol. The van der Waals surface area contributed by atoms with Crippen LogP contribution in [0.3, 0.4) is 0 Å². The molecule has 0 bridgehead atoms. The van der Waals surface area contributed by atoms with Crippen LogP contribution < -0.4 is 4.74 Å². The van der Waals surface area contributed by atoms with Gasteiger partial charge in [0.2, 0.25) is 0 Å². The largest absolute Gasteiger partial charge is 0.497 e. The van der Waals surface area contributed by atoms with Gasteiger partial charge in [-0.3, -0.25) is 0 Å². The van der Waals surface area contributed by atoms with E-state index in [1.807, 2.05) is 43.6 Å². The number of hydrogen-bond donors (Lipinski definition) is 1. The molecule has 1 saturated carbocycles. The third kappa shape index (κ3) is 4.18. The summed E-state index contributed by atoms with van der Waals surface area (Å²) < 4.78 is 21.7. The van der Waals surface area contributed by atoms with Crippen LogP contribution in [0.1, 0.15) is 18.4 Å². The molecule has 4 rings (SSSR count). The molecular weight excluding hydrogens is 369 g/mol. The molecule has 6 heteroatoms. The van der Waals surface area contributed by atoms with E-state index in [1.54, 1.807) is 16.8 Å². The number of para-hydroxylation sites is 1. The molecule has 3 aromatic rings. The predicted octanol–water partition coefficient (Wildman–Crippen LogP) is 3.89. The minimum absolute atomic E-state index is 0.0235. The zero-order valence-electron chi connectivity index (χ0n) is 16.8. The molecule has 29 heavy (non-hydrogen) atoms. The smallest absolute Gasteiger partial charge is 0.136 e. The average molecular weight is 395 g/mol. The van der Waals surface area contributed by atoms with E-state index >= 15 is 0 Å². The number of methoxy groups -OCH3 is 1. The minimum atomic E-state index is -0.361. The molecule has 0 unspecified atom stereocenters. The van der Waals surface area contributed by atoms with Crippen molar-refractivity contribution in [3.8, 4) is 22.7 Å². The fourth-order valence-electron chi connectivity index (χ4n) is 3.74. The summed E-state index contributed by atoms with van der Waals surface area (Å²) in [6, 6.07) is 14.6. The van der Waals surface area contributed by atoms with Crippen LogP contribution in [0.2, 0.25) is 0 Å². The van der Waals surface area contributed by atoms with E-state index in [9.17, 15) is 9.50 Å². The van der Waals surface area contributed by atoms with Crippen molar-refractivity contribution >= 4 is 0 Å². The first-order chi connectivity index (χ1) is 14.0. The number of nitrogens with zero attached hydrogens (tertiary/aromatic N) is 3. The fourth-order valence-corrected chi connectivity index (χ4v) is 3.74. The van der Waals surface area contributed by atoms with Gasteiger partial charge in [-0.2, -0.15) is 5.10 Å². The van der Waals surface area contributed by atoms with Crippen molar-refractivity contribution in [3.63, 3.8) is 0 Å². The van der Waals surface area contributed by atoms with E-state index in [0.29, 0.717) is 23.6 Å². The second kappa shape index (κ2) is 7.97. The van der Waals surface area contributed by atoms with Crippen molar-refractivity contribution in [1.82, 2.24) is 14.7 Å². The van der Waals surface area contributed by atoms with Gasteiger partial charge in [-0.15, -0.1) is 0 Å². The number of hydrogen-bond acceptors (Lipinski definition) is 4. The molecule has 0 aliphatic heterocycles. The highest BCUT2D eigenvalue weighted by Crippen LogP contribution is 2.45. The van der Waals surface area contributed by atoms with E-state index < -0.39 is 0 Å². The SMILES string of the molecule is COc1ccc(-c2nn(-c3ccccc3)cc2CN(C)CC2(CO)CC2)c(F)c1. The molecule has 1 aliphatic carbocycles. The summed E-state index contributed by atoms with van der Waals surface area (Å²) in [5, 5.41) is 14.4.